The number of halogens is 2. The van der Waals surface area contributed by atoms with Crippen molar-refractivity contribution in [2.45, 2.75) is 52.1 Å². The van der Waals surface area contributed by atoms with Gasteiger partial charge in [-0.2, -0.15) is 0 Å². The highest BCUT2D eigenvalue weighted by atomic mass is 35.5. The van der Waals surface area contributed by atoms with E-state index in [-0.39, 0.29) is 28.8 Å². The zero-order chi connectivity index (χ0) is 20.0. The zero-order valence-corrected chi connectivity index (χ0v) is 17.7. The maximum atomic E-state index is 12.8. The van der Waals surface area contributed by atoms with E-state index >= 15 is 0 Å². The van der Waals surface area contributed by atoms with Crippen LogP contribution in [0.5, 0.6) is 0 Å². The molecule has 1 heterocycles. The Labute approximate surface area is 171 Å². The molecular weight excluding hydrogens is 385 g/mol. The number of benzene rings is 1. The first-order valence-corrected chi connectivity index (χ1v) is 10.4. The van der Waals surface area contributed by atoms with Crippen LogP contribution in [-0.2, 0) is 4.79 Å². The second-order valence-corrected chi connectivity index (χ2v) is 8.29. The summed E-state index contributed by atoms with van der Waals surface area (Å²) < 4.78 is 0. The van der Waals surface area contributed by atoms with Crippen LogP contribution in [0.1, 0.15) is 50.4 Å². The van der Waals surface area contributed by atoms with Crippen molar-refractivity contribution in [3.8, 4) is 0 Å². The minimum atomic E-state index is -0.613. The second kappa shape index (κ2) is 10.3. The molecule has 1 aliphatic heterocycles. The Hall–Kier alpha value is -1.30. The van der Waals surface area contributed by atoms with Crippen molar-refractivity contribution in [1.82, 2.24) is 15.5 Å². The first-order valence-electron chi connectivity index (χ1n) is 9.60. The summed E-state index contributed by atoms with van der Waals surface area (Å²) in [5.74, 6) is -0.555. The smallest absolute Gasteiger partial charge is 0.253 e. The molecule has 0 aliphatic carbocycles. The third-order valence-electron chi connectivity index (χ3n) is 4.89. The van der Waals surface area contributed by atoms with Gasteiger partial charge in [-0.15, -0.1) is 0 Å². The fraction of sp³-hybridized carbons (Fsp3) is 0.600. The van der Waals surface area contributed by atoms with Crippen LogP contribution in [0, 0.1) is 5.92 Å². The molecule has 1 aliphatic rings. The molecule has 0 aromatic heterocycles. The minimum absolute atomic E-state index is 0.0415. The molecule has 2 rings (SSSR count). The fourth-order valence-corrected chi connectivity index (χ4v) is 3.83. The Morgan fingerprint density at radius 1 is 1.22 bits per heavy atom. The lowest BCUT2D eigenvalue weighted by Crippen LogP contribution is -2.54. The van der Waals surface area contributed by atoms with Gasteiger partial charge in [-0.25, -0.2) is 0 Å². The second-order valence-electron chi connectivity index (χ2n) is 7.44. The summed E-state index contributed by atoms with van der Waals surface area (Å²) in [7, 11) is 0. The number of carbonyl (C=O) groups excluding carboxylic acids is 2. The number of nitrogens with zero attached hydrogens (tertiary/aromatic N) is 1. The van der Waals surface area contributed by atoms with E-state index in [4.69, 9.17) is 23.2 Å². The monoisotopic (exact) mass is 413 g/mol. The minimum Gasteiger partial charge on any atom is -0.351 e. The van der Waals surface area contributed by atoms with Crippen molar-refractivity contribution in [3.05, 3.63) is 33.8 Å². The lowest BCUT2D eigenvalue weighted by Gasteiger charge is -2.33. The van der Waals surface area contributed by atoms with E-state index in [2.05, 4.69) is 22.5 Å². The summed E-state index contributed by atoms with van der Waals surface area (Å²) in [4.78, 5) is 27.8. The van der Waals surface area contributed by atoms with Gasteiger partial charge in [0.2, 0.25) is 5.91 Å². The predicted molar refractivity (Wildman–Crippen MR) is 110 cm³/mol. The number of nitrogens with one attached hydrogen (secondary N) is 2. The first kappa shape index (κ1) is 22.0. The fourth-order valence-electron chi connectivity index (χ4n) is 3.34. The molecule has 1 aromatic carbocycles. The van der Waals surface area contributed by atoms with Crippen LogP contribution in [0.15, 0.2) is 18.2 Å². The van der Waals surface area contributed by atoms with E-state index in [1.54, 1.807) is 12.1 Å². The number of hydrogen-bond acceptors (Lipinski definition) is 3. The molecule has 5 nitrogen and oxygen atoms in total. The molecular formula is C20H29Cl2N3O2. The molecule has 2 N–H and O–H groups in total. The Balaban J connectivity index is 1.96. The summed E-state index contributed by atoms with van der Waals surface area (Å²) in [6, 6.07) is 4.24. The Morgan fingerprint density at radius 2 is 1.89 bits per heavy atom. The number of hydrogen-bond donors (Lipinski definition) is 2. The number of likely N-dealkylation sites (tertiary alicyclic amines) is 1. The molecule has 1 unspecified atom stereocenters. The molecule has 1 saturated heterocycles. The van der Waals surface area contributed by atoms with E-state index in [9.17, 15) is 9.59 Å². The number of amides is 2. The molecule has 1 aromatic rings. The van der Waals surface area contributed by atoms with Gasteiger partial charge in [0.1, 0.15) is 6.04 Å². The first-order chi connectivity index (χ1) is 12.8. The van der Waals surface area contributed by atoms with Crippen LogP contribution < -0.4 is 10.6 Å². The van der Waals surface area contributed by atoms with E-state index in [1.165, 1.54) is 6.07 Å². The molecule has 2 amide bonds. The molecule has 150 valence electrons. The highest BCUT2D eigenvalue weighted by molar-refractivity contribution is 6.36. The van der Waals surface area contributed by atoms with Crippen molar-refractivity contribution < 1.29 is 9.59 Å². The Morgan fingerprint density at radius 3 is 2.44 bits per heavy atom. The van der Waals surface area contributed by atoms with Gasteiger partial charge in [-0.3, -0.25) is 9.59 Å². The summed E-state index contributed by atoms with van der Waals surface area (Å²) in [5, 5.41) is 6.66. The summed E-state index contributed by atoms with van der Waals surface area (Å²) in [6.07, 6.45) is 3.02. The van der Waals surface area contributed by atoms with Gasteiger partial charge in [-0.05, 0) is 49.9 Å². The van der Waals surface area contributed by atoms with E-state index in [0.717, 1.165) is 38.9 Å². The van der Waals surface area contributed by atoms with Crippen LogP contribution in [0.3, 0.4) is 0 Å². The lowest BCUT2D eigenvalue weighted by atomic mass is 10.00. The topological polar surface area (TPSA) is 61.4 Å². The predicted octanol–water partition coefficient (Wildman–Crippen LogP) is 3.74. The van der Waals surface area contributed by atoms with Crippen LogP contribution >= 0.6 is 23.2 Å². The van der Waals surface area contributed by atoms with E-state index in [1.807, 2.05) is 13.8 Å². The quantitative estimate of drug-likeness (QED) is 0.715. The van der Waals surface area contributed by atoms with Crippen molar-refractivity contribution in [2.75, 3.05) is 19.6 Å². The van der Waals surface area contributed by atoms with Gasteiger partial charge in [0.05, 0.1) is 10.6 Å². The van der Waals surface area contributed by atoms with Crippen molar-refractivity contribution in [2.24, 2.45) is 5.92 Å². The standard InChI is InChI=1S/C20H29Cl2N3O2/c1-4-9-25-10-7-15(8-11-25)23-20(27)18(13(2)3)24-19(26)16-6-5-14(21)12-17(16)22/h5-6,12-13,15,18H,4,7-11H2,1-3H3,(H,23,27)(H,24,26). The number of rotatable bonds is 7. The summed E-state index contributed by atoms with van der Waals surface area (Å²) >= 11 is 12.0. The normalized spacial score (nSPS) is 17.0. The summed E-state index contributed by atoms with van der Waals surface area (Å²) in [5.41, 5.74) is 0.312. The SMILES string of the molecule is CCCN1CCC(NC(=O)C(NC(=O)c2ccc(Cl)cc2Cl)C(C)C)CC1. The third-order valence-corrected chi connectivity index (χ3v) is 5.43. The zero-order valence-electron chi connectivity index (χ0n) is 16.2. The maximum Gasteiger partial charge on any atom is 0.253 e. The van der Waals surface area contributed by atoms with Crippen LogP contribution in [0.4, 0.5) is 0 Å². The lowest BCUT2D eigenvalue weighted by molar-refractivity contribution is -0.125. The number of carbonyl (C=O) groups is 2. The average molecular weight is 414 g/mol. The molecule has 7 heteroatoms. The third kappa shape index (κ3) is 6.37. The molecule has 0 bridgehead atoms. The van der Waals surface area contributed by atoms with Crippen molar-refractivity contribution in [3.63, 3.8) is 0 Å². The number of piperidine rings is 1. The highest BCUT2D eigenvalue weighted by Crippen LogP contribution is 2.21. The molecule has 1 fully saturated rings. The molecule has 1 atom stereocenters. The van der Waals surface area contributed by atoms with Crippen LogP contribution in [0.2, 0.25) is 10.0 Å². The average Bonchev–Trinajstić information content (AvgIpc) is 2.61. The largest absolute Gasteiger partial charge is 0.351 e. The van der Waals surface area contributed by atoms with E-state index in [0.29, 0.717) is 10.6 Å². The molecule has 0 saturated carbocycles. The Kier molecular flexibility index (Phi) is 8.39. The van der Waals surface area contributed by atoms with Crippen LogP contribution in [-0.4, -0.2) is 48.4 Å². The van der Waals surface area contributed by atoms with E-state index < -0.39 is 6.04 Å². The van der Waals surface area contributed by atoms with Crippen molar-refractivity contribution >= 4 is 35.0 Å². The van der Waals surface area contributed by atoms with Gasteiger partial charge in [0.25, 0.3) is 5.91 Å². The highest BCUT2D eigenvalue weighted by Gasteiger charge is 2.28. The van der Waals surface area contributed by atoms with Crippen LogP contribution in [0.25, 0.3) is 0 Å². The van der Waals surface area contributed by atoms with Gasteiger partial charge in [0, 0.05) is 24.2 Å². The van der Waals surface area contributed by atoms with Gasteiger partial charge in [0.15, 0.2) is 0 Å². The Bertz CT molecular complexity index is 659. The van der Waals surface area contributed by atoms with Gasteiger partial charge >= 0.3 is 0 Å². The summed E-state index contributed by atoms with van der Waals surface area (Å²) in [6.45, 7) is 9.11. The van der Waals surface area contributed by atoms with Gasteiger partial charge < -0.3 is 15.5 Å². The molecule has 0 spiro atoms. The van der Waals surface area contributed by atoms with Crippen molar-refractivity contribution in [1.29, 1.82) is 0 Å². The molecule has 27 heavy (non-hydrogen) atoms. The maximum absolute atomic E-state index is 12.8. The van der Waals surface area contributed by atoms with Gasteiger partial charge in [-0.1, -0.05) is 44.0 Å². The molecule has 0 radical (unpaired) electrons.